The topological polar surface area (TPSA) is 163 Å². The molecule has 4 atom stereocenters. The zero-order chi connectivity index (χ0) is 34.0. The molecule has 0 spiro atoms. The van der Waals surface area contributed by atoms with Crippen molar-refractivity contribution in [2.45, 2.75) is 114 Å². The van der Waals surface area contributed by atoms with Crippen LogP contribution in [0.15, 0.2) is 30.3 Å². The Morgan fingerprint density at radius 1 is 0.957 bits per heavy atom. The second-order valence-corrected chi connectivity index (χ2v) is 13.2. The predicted molar refractivity (Wildman–Crippen MR) is 167 cm³/mol. The summed E-state index contributed by atoms with van der Waals surface area (Å²) in [6.45, 7) is 0.890. The van der Waals surface area contributed by atoms with Crippen molar-refractivity contribution in [1.82, 2.24) is 20.9 Å². The minimum absolute atomic E-state index is 0.0338. The molecule has 14 heteroatoms. The third-order valence-corrected chi connectivity index (χ3v) is 9.34. The third-order valence-electron chi connectivity index (χ3n) is 9.34. The zero-order valence-electron chi connectivity index (χ0n) is 26.7. The monoisotopic (exact) mass is 667 g/mol. The molecule has 0 aromatic heterocycles. The number of likely N-dealkylation sites (tertiary alicyclic amines) is 1. The molecule has 2 aliphatic carbocycles. The van der Waals surface area contributed by atoms with Gasteiger partial charge in [-0.3, -0.25) is 9.59 Å². The average Bonchev–Trinajstić information content (AvgIpc) is 3.89. The number of nitrogens with one attached hydrogen (secondary N) is 3. The number of esters is 1. The third kappa shape index (κ3) is 11.7. The van der Waals surface area contributed by atoms with Crippen molar-refractivity contribution in [2.75, 3.05) is 19.6 Å². The first-order valence-corrected chi connectivity index (χ1v) is 16.8. The smallest absolute Gasteiger partial charge is 0.453 e. The standard InChI is InChI=1S/C33H48F3N5O6/c34-33(35,36)31(45)47-29(23-11-12-23)28(43)25(19-21-7-3-1-4-8-21)39-27(42)13-16-38-30(44)26(20-22-9-5-2-6-10-22)40-32(46)41-17-14-24(37)15-18-41/h2,5-6,9-10,21,23-26,28-29,43H,1,3-4,7-8,11-20,37H2,(H,38,44)(H,39,42)(H,40,46)/t25-,26-,28+,29-/m0/s1. The summed E-state index contributed by atoms with van der Waals surface area (Å²) in [6.07, 6.45) is -0.617. The number of carbonyl (C=O) groups is 4. The van der Waals surface area contributed by atoms with Crippen LogP contribution in [0.5, 0.6) is 0 Å². The van der Waals surface area contributed by atoms with Gasteiger partial charge in [-0.05, 0) is 49.5 Å². The van der Waals surface area contributed by atoms with E-state index in [9.17, 15) is 37.5 Å². The van der Waals surface area contributed by atoms with Gasteiger partial charge < -0.3 is 36.4 Å². The molecule has 0 bridgehead atoms. The van der Waals surface area contributed by atoms with Gasteiger partial charge in [0.05, 0.1) is 6.04 Å². The van der Waals surface area contributed by atoms with Crippen molar-refractivity contribution in [3.63, 3.8) is 0 Å². The lowest BCUT2D eigenvalue weighted by molar-refractivity contribution is -0.211. The lowest BCUT2D eigenvalue weighted by atomic mass is 9.82. The van der Waals surface area contributed by atoms with Crippen LogP contribution in [0.25, 0.3) is 0 Å². The van der Waals surface area contributed by atoms with E-state index in [1.54, 1.807) is 4.90 Å². The van der Waals surface area contributed by atoms with Crippen LogP contribution in [0, 0.1) is 11.8 Å². The van der Waals surface area contributed by atoms with E-state index >= 15 is 0 Å². The largest absolute Gasteiger partial charge is 0.490 e. The number of hydrogen-bond donors (Lipinski definition) is 5. The van der Waals surface area contributed by atoms with Gasteiger partial charge >= 0.3 is 18.2 Å². The Morgan fingerprint density at radius 3 is 2.23 bits per heavy atom. The number of piperidine rings is 1. The number of nitrogens with two attached hydrogens (primary N) is 1. The first-order chi connectivity index (χ1) is 22.4. The SMILES string of the molecule is NC1CCN(C(=O)N[C@@H](Cc2ccccc2)C(=O)NCCC(=O)N[C@@H](CC2CCCCC2)[C@@H](O)[C@@H](OC(=O)C(F)(F)F)C2CC2)CC1. The molecule has 1 aromatic carbocycles. The second kappa shape index (κ2) is 17.1. The summed E-state index contributed by atoms with van der Waals surface area (Å²) in [4.78, 5) is 52.6. The summed E-state index contributed by atoms with van der Waals surface area (Å²) in [7, 11) is 0. The number of benzene rings is 1. The van der Waals surface area contributed by atoms with E-state index in [4.69, 9.17) is 10.5 Å². The Kier molecular flexibility index (Phi) is 13.3. The fourth-order valence-electron chi connectivity index (χ4n) is 6.46. The maximum atomic E-state index is 13.3. The Labute approximate surface area is 273 Å². The van der Waals surface area contributed by atoms with E-state index < -0.39 is 54.2 Å². The molecule has 11 nitrogen and oxygen atoms in total. The van der Waals surface area contributed by atoms with E-state index in [0.717, 1.165) is 37.7 Å². The van der Waals surface area contributed by atoms with E-state index in [-0.39, 0.29) is 37.4 Å². The summed E-state index contributed by atoms with van der Waals surface area (Å²) in [6, 6.07) is 7.02. The van der Waals surface area contributed by atoms with E-state index in [1.807, 2.05) is 30.3 Å². The van der Waals surface area contributed by atoms with Crippen LogP contribution in [0.3, 0.4) is 0 Å². The summed E-state index contributed by atoms with van der Waals surface area (Å²) < 4.78 is 43.8. The fourth-order valence-corrected chi connectivity index (χ4v) is 6.46. The lowest BCUT2D eigenvalue weighted by Gasteiger charge is -2.34. The molecule has 1 aliphatic heterocycles. The number of ether oxygens (including phenoxy) is 1. The first-order valence-electron chi connectivity index (χ1n) is 16.8. The number of nitrogens with zero attached hydrogens (tertiary/aromatic N) is 1. The van der Waals surface area contributed by atoms with Crippen LogP contribution in [-0.2, 0) is 25.5 Å². The maximum Gasteiger partial charge on any atom is 0.490 e. The molecule has 3 fully saturated rings. The molecule has 47 heavy (non-hydrogen) atoms. The minimum atomic E-state index is -5.20. The number of aliphatic hydroxyl groups is 1. The van der Waals surface area contributed by atoms with Crippen LogP contribution in [0.2, 0.25) is 0 Å². The van der Waals surface area contributed by atoms with Crippen molar-refractivity contribution in [3.8, 4) is 0 Å². The maximum absolute atomic E-state index is 13.3. The highest BCUT2D eigenvalue weighted by Crippen LogP contribution is 2.39. The Bertz CT molecular complexity index is 1190. The van der Waals surface area contributed by atoms with Gasteiger partial charge in [0.25, 0.3) is 0 Å². The predicted octanol–water partition coefficient (Wildman–Crippen LogP) is 2.94. The summed E-state index contributed by atoms with van der Waals surface area (Å²) in [5.41, 5.74) is 6.79. The number of halogens is 3. The van der Waals surface area contributed by atoms with Gasteiger partial charge in [0.1, 0.15) is 18.2 Å². The van der Waals surface area contributed by atoms with Crippen molar-refractivity contribution < 1.29 is 42.2 Å². The number of aliphatic hydroxyl groups excluding tert-OH is 1. The fraction of sp³-hybridized carbons (Fsp3) is 0.697. The molecule has 0 radical (unpaired) electrons. The molecule has 4 rings (SSSR count). The van der Waals surface area contributed by atoms with Gasteiger partial charge in [0, 0.05) is 38.5 Å². The molecule has 2 saturated carbocycles. The van der Waals surface area contributed by atoms with E-state index in [1.165, 1.54) is 0 Å². The molecular weight excluding hydrogens is 619 g/mol. The molecule has 6 N–H and O–H groups in total. The molecule has 3 aliphatic rings. The van der Waals surface area contributed by atoms with Crippen molar-refractivity contribution in [3.05, 3.63) is 35.9 Å². The molecule has 1 saturated heterocycles. The average molecular weight is 668 g/mol. The van der Waals surface area contributed by atoms with Crippen LogP contribution < -0.4 is 21.7 Å². The lowest BCUT2D eigenvalue weighted by Crippen LogP contribution is -2.55. The summed E-state index contributed by atoms with van der Waals surface area (Å²) in [5, 5.41) is 19.5. The van der Waals surface area contributed by atoms with Gasteiger partial charge in [-0.2, -0.15) is 13.2 Å². The Hall–Kier alpha value is -3.39. The summed E-state index contributed by atoms with van der Waals surface area (Å²) in [5.74, 6) is -3.62. The number of urea groups is 1. The van der Waals surface area contributed by atoms with Crippen LogP contribution in [0.4, 0.5) is 18.0 Å². The molecule has 1 heterocycles. The van der Waals surface area contributed by atoms with Gasteiger partial charge in [0.2, 0.25) is 11.8 Å². The number of amides is 4. The molecule has 4 amide bonds. The molecule has 1 aromatic rings. The minimum Gasteiger partial charge on any atom is -0.453 e. The highest BCUT2D eigenvalue weighted by molar-refractivity contribution is 5.87. The van der Waals surface area contributed by atoms with E-state index in [0.29, 0.717) is 45.2 Å². The number of hydrogen-bond acceptors (Lipinski definition) is 7. The van der Waals surface area contributed by atoms with Gasteiger partial charge in [-0.25, -0.2) is 9.59 Å². The molecule has 262 valence electrons. The van der Waals surface area contributed by atoms with Crippen LogP contribution in [0.1, 0.15) is 76.2 Å². The first kappa shape index (κ1) is 36.4. The van der Waals surface area contributed by atoms with Crippen LogP contribution in [-0.4, -0.2) is 90.0 Å². The van der Waals surface area contributed by atoms with Crippen LogP contribution >= 0.6 is 0 Å². The van der Waals surface area contributed by atoms with Crippen molar-refractivity contribution in [1.29, 1.82) is 0 Å². The Morgan fingerprint density at radius 2 is 1.62 bits per heavy atom. The summed E-state index contributed by atoms with van der Waals surface area (Å²) >= 11 is 0. The van der Waals surface area contributed by atoms with E-state index in [2.05, 4.69) is 16.0 Å². The van der Waals surface area contributed by atoms with Gasteiger partial charge in [-0.15, -0.1) is 0 Å². The van der Waals surface area contributed by atoms with Crippen molar-refractivity contribution >= 4 is 23.8 Å². The number of rotatable bonds is 14. The highest BCUT2D eigenvalue weighted by atomic mass is 19.4. The quantitative estimate of drug-likeness (QED) is 0.191. The Balaban J connectivity index is 1.35. The number of alkyl halides is 3. The zero-order valence-corrected chi connectivity index (χ0v) is 26.7. The second-order valence-electron chi connectivity index (χ2n) is 13.2. The number of carbonyl (C=O) groups excluding carboxylic acids is 4. The highest BCUT2D eigenvalue weighted by Gasteiger charge is 2.48. The normalized spacial score (nSPS) is 20.4. The van der Waals surface area contributed by atoms with Crippen molar-refractivity contribution in [2.24, 2.45) is 17.6 Å². The molecule has 0 unspecified atom stereocenters. The molecular formula is C33H48F3N5O6. The van der Waals surface area contributed by atoms with Gasteiger partial charge in [0.15, 0.2) is 0 Å². The van der Waals surface area contributed by atoms with Gasteiger partial charge in [-0.1, -0.05) is 62.4 Å².